The van der Waals surface area contributed by atoms with Crippen LogP contribution < -0.4 is 0 Å². The van der Waals surface area contributed by atoms with Crippen LogP contribution in [0.1, 0.15) is 12.8 Å². The van der Waals surface area contributed by atoms with Gasteiger partial charge < -0.3 is 14.7 Å². The van der Waals surface area contributed by atoms with Gasteiger partial charge in [-0.3, -0.25) is 0 Å². The molecule has 0 aliphatic carbocycles. The Hall–Kier alpha value is -1.10. The Balaban J connectivity index is 2.06. The number of rotatable bonds is 1. The minimum Gasteiger partial charge on any atom is -0.477 e. The highest BCUT2D eigenvalue weighted by atomic mass is 16.7. The van der Waals surface area contributed by atoms with Crippen LogP contribution in [0.5, 0.6) is 0 Å². The van der Waals surface area contributed by atoms with E-state index in [4.69, 9.17) is 14.7 Å². The maximum Gasteiger partial charge on any atom is 0.353 e. The van der Waals surface area contributed by atoms with E-state index in [2.05, 4.69) is 5.16 Å². The van der Waals surface area contributed by atoms with Gasteiger partial charge in [0.2, 0.25) is 0 Å². The predicted molar refractivity (Wildman–Crippen MR) is 38.9 cm³/mol. The Kier molecular flexibility index (Phi) is 1.54. The molecule has 0 aromatic rings. The monoisotopic (exact) mass is 171 g/mol. The van der Waals surface area contributed by atoms with Crippen molar-refractivity contribution in [3.05, 3.63) is 0 Å². The minimum absolute atomic E-state index is 0.0977. The molecule has 0 amide bonds. The molecule has 0 saturated carbocycles. The standard InChI is InChI=1S/C7H9NO4/c9-6(10)5-3-7(12-8-5)1-2-11-4-7/h1-4H2,(H,9,10). The van der Waals surface area contributed by atoms with Crippen LogP contribution in [-0.2, 0) is 14.4 Å². The molecule has 0 radical (unpaired) electrons. The van der Waals surface area contributed by atoms with Crippen molar-refractivity contribution in [2.75, 3.05) is 13.2 Å². The normalized spacial score (nSPS) is 33.5. The van der Waals surface area contributed by atoms with Gasteiger partial charge in [0.15, 0.2) is 11.3 Å². The Morgan fingerprint density at radius 3 is 3.00 bits per heavy atom. The van der Waals surface area contributed by atoms with Crippen molar-refractivity contribution in [2.24, 2.45) is 5.16 Å². The largest absolute Gasteiger partial charge is 0.477 e. The van der Waals surface area contributed by atoms with Crippen LogP contribution in [-0.4, -0.2) is 35.6 Å². The third-order valence-electron chi connectivity index (χ3n) is 2.15. The third kappa shape index (κ3) is 1.06. The summed E-state index contributed by atoms with van der Waals surface area (Å²) in [5.74, 6) is -1.00. The number of ether oxygens (including phenoxy) is 1. The lowest BCUT2D eigenvalue weighted by atomic mass is 9.97. The molecular formula is C7H9NO4. The second-order valence-electron chi connectivity index (χ2n) is 3.10. The van der Waals surface area contributed by atoms with E-state index in [9.17, 15) is 4.79 Å². The van der Waals surface area contributed by atoms with E-state index in [0.29, 0.717) is 19.6 Å². The summed E-state index contributed by atoms with van der Waals surface area (Å²) in [6.07, 6.45) is 1.09. The molecule has 1 unspecified atom stereocenters. The van der Waals surface area contributed by atoms with E-state index in [0.717, 1.165) is 6.42 Å². The molecule has 0 aromatic carbocycles. The molecule has 1 spiro atoms. The first-order valence-electron chi connectivity index (χ1n) is 3.78. The van der Waals surface area contributed by atoms with Gasteiger partial charge in [-0.25, -0.2) is 4.79 Å². The number of nitrogens with zero attached hydrogens (tertiary/aromatic N) is 1. The minimum atomic E-state index is -1.00. The van der Waals surface area contributed by atoms with Gasteiger partial charge >= 0.3 is 5.97 Å². The van der Waals surface area contributed by atoms with Crippen molar-refractivity contribution in [3.8, 4) is 0 Å². The summed E-state index contributed by atoms with van der Waals surface area (Å²) in [6.45, 7) is 1.08. The average Bonchev–Trinajstić information content (AvgIpc) is 2.62. The zero-order chi connectivity index (χ0) is 8.60. The summed E-state index contributed by atoms with van der Waals surface area (Å²) in [6, 6.07) is 0. The third-order valence-corrected chi connectivity index (χ3v) is 2.15. The van der Waals surface area contributed by atoms with Gasteiger partial charge in [0, 0.05) is 12.8 Å². The van der Waals surface area contributed by atoms with Crippen LogP contribution in [0.15, 0.2) is 5.16 Å². The fourth-order valence-electron chi connectivity index (χ4n) is 1.44. The van der Waals surface area contributed by atoms with Crippen molar-refractivity contribution < 1.29 is 19.5 Å². The molecule has 1 N–H and O–H groups in total. The maximum atomic E-state index is 10.5. The fraction of sp³-hybridized carbons (Fsp3) is 0.714. The molecule has 0 bridgehead atoms. The Labute approximate surface area is 68.9 Å². The fourth-order valence-corrected chi connectivity index (χ4v) is 1.44. The van der Waals surface area contributed by atoms with Gasteiger partial charge in [0.25, 0.3) is 0 Å². The highest BCUT2D eigenvalue weighted by molar-refractivity contribution is 6.36. The second-order valence-corrected chi connectivity index (χ2v) is 3.10. The van der Waals surface area contributed by atoms with Gasteiger partial charge in [0.05, 0.1) is 13.2 Å². The first-order chi connectivity index (χ1) is 5.72. The van der Waals surface area contributed by atoms with Crippen LogP contribution in [0.2, 0.25) is 0 Å². The molecule has 1 fully saturated rings. The van der Waals surface area contributed by atoms with Crippen molar-refractivity contribution in [3.63, 3.8) is 0 Å². The van der Waals surface area contributed by atoms with Gasteiger partial charge in [-0.2, -0.15) is 0 Å². The van der Waals surface area contributed by atoms with Crippen LogP contribution >= 0.6 is 0 Å². The topological polar surface area (TPSA) is 68.1 Å². The molecule has 1 atom stereocenters. The molecule has 0 aromatic heterocycles. The molecule has 2 aliphatic heterocycles. The first kappa shape index (κ1) is 7.54. The summed E-state index contributed by atoms with van der Waals surface area (Å²) in [5, 5.41) is 12.1. The van der Waals surface area contributed by atoms with Crippen LogP contribution in [0, 0.1) is 0 Å². The van der Waals surface area contributed by atoms with Crippen molar-refractivity contribution in [1.82, 2.24) is 0 Å². The molecule has 5 nitrogen and oxygen atoms in total. The zero-order valence-electron chi connectivity index (χ0n) is 6.45. The molecular weight excluding hydrogens is 162 g/mol. The van der Waals surface area contributed by atoms with E-state index in [1.54, 1.807) is 0 Å². The van der Waals surface area contributed by atoms with Gasteiger partial charge in [-0.05, 0) is 0 Å². The summed E-state index contributed by atoms with van der Waals surface area (Å²) >= 11 is 0. The van der Waals surface area contributed by atoms with E-state index in [1.807, 2.05) is 0 Å². The Bertz CT molecular complexity index is 242. The number of oxime groups is 1. The lowest BCUT2D eigenvalue weighted by molar-refractivity contribution is -0.129. The molecule has 2 heterocycles. The van der Waals surface area contributed by atoms with E-state index >= 15 is 0 Å². The first-order valence-corrected chi connectivity index (χ1v) is 3.78. The zero-order valence-corrected chi connectivity index (χ0v) is 6.45. The van der Waals surface area contributed by atoms with Crippen molar-refractivity contribution >= 4 is 11.7 Å². The van der Waals surface area contributed by atoms with Crippen LogP contribution in [0.4, 0.5) is 0 Å². The highest BCUT2D eigenvalue weighted by Crippen LogP contribution is 2.32. The molecule has 2 aliphatic rings. The predicted octanol–water partition coefficient (Wildman–Crippen LogP) is 0.00640. The van der Waals surface area contributed by atoms with E-state index in [-0.39, 0.29) is 5.71 Å². The number of carboxylic acid groups (broad SMARTS) is 1. The summed E-state index contributed by atoms with van der Waals surface area (Å²) in [7, 11) is 0. The smallest absolute Gasteiger partial charge is 0.353 e. The quantitative estimate of drug-likeness (QED) is 0.603. The van der Waals surface area contributed by atoms with Crippen molar-refractivity contribution in [2.45, 2.75) is 18.4 Å². The SMILES string of the molecule is O=C(O)C1=NOC2(CCOC2)C1. The second kappa shape index (κ2) is 2.45. The molecule has 2 rings (SSSR count). The number of hydrogen-bond donors (Lipinski definition) is 1. The average molecular weight is 171 g/mol. The highest BCUT2D eigenvalue weighted by Gasteiger charge is 2.44. The van der Waals surface area contributed by atoms with E-state index < -0.39 is 11.6 Å². The molecule has 5 heteroatoms. The number of carbonyl (C=O) groups is 1. The molecule has 1 saturated heterocycles. The van der Waals surface area contributed by atoms with Gasteiger partial charge in [-0.1, -0.05) is 5.16 Å². The Morgan fingerprint density at radius 2 is 2.50 bits per heavy atom. The number of carboxylic acids is 1. The van der Waals surface area contributed by atoms with Crippen LogP contribution in [0.3, 0.4) is 0 Å². The van der Waals surface area contributed by atoms with Crippen LogP contribution in [0.25, 0.3) is 0 Å². The summed E-state index contributed by atoms with van der Waals surface area (Å²) in [4.78, 5) is 15.5. The summed E-state index contributed by atoms with van der Waals surface area (Å²) in [5.41, 5.74) is -0.367. The molecule has 12 heavy (non-hydrogen) atoms. The van der Waals surface area contributed by atoms with E-state index in [1.165, 1.54) is 0 Å². The maximum absolute atomic E-state index is 10.5. The van der Waals surface area contributed by atoms with Crippen molar-refractivity contribution in [1.29, 1.82) is 0 Å². The molecule has 66 valence electrons. The van der Waals surface area contributed by atoms with Gasteiger partial charge in [-0.15, -0.1) is 0 Å². The number of hydrogen-bond acceptors (Lipinski definition) is 4. The Morgan fingerprint density at radius 1 is 1.67 bits per heavy atom. The number of aliphatic carboxylic acids is 1. The lowest BCUT2D eigenvalue weighted by Gasteiger charge is -2.16. The lowest BCUT2D eigenvalue weighted by Crippen LogP contribution is -2.30. The van der Waals surface area contributed by atoms with Gasteiger partial charge in [0.1, 0.15) is 0 Å². The summed E-state index contributed by atoms with van der Waals surface area (Å²) < 4.78 is 5.12.